The lowest BCUT2D eigenvalue weighted by atomic mass is 10.2. The van der Waals surface area contributed by atoms with Gasteiger partial charge in [-0.25, -0.2) is 12.8 Å². The second-order valence-corrected chi connectivity index (χ2v) is 10.7. The molecule has 33 heavy (non-hydrogen) atoms. The first-order chi connectivity index (χ1) is 15.8. The zero-order valence-corrected chi connectivity index (χ0v) is 20.5. The molecule has 1 N–H and O–H groups in total. The number of para-hydroxylation sites is 1. The molecule has 0 spiro atoms. The van der Waals surface area contributed by atoms with Crippen LogP contribution in [-0.2, 0) is 20.6 Å². The number of halogens is 3. The number of rotatable bonds is 10. The molecule has 1 amide bonds. The molecule has 0 saturated carbocycles. The van der Waals surface area contributed by atoms with Gasteiger partial charge in [0.05, 0.1) is 15.6 Å². The Kier molecular flexibility index (Phi) is 9.02. The largest absolute Gasteiger partial charge is 0.354 e. The van der Waals surface area contributed by atoms with E-state index in [1.807, 2.05) is 0 Å². The molecule has 3 aromatic rings. The van der Waals surface area contributed by atoms with Crippen molar-refractivity contribution in [2.75, 3.05) is 23.1 Å². The average Bonchev–Trinajstić information content (AvgIpc) is 2.80. The molecule has 0 radical (unpaired) electrons. The number of hydrogen-bond donors (Lipinski definition) is 1. The number of hydrogen-bond acceptors (Lipinski definition) is 4. The lowest BCUT2D eigenvalue weighted by Gasteiger charge is -2.25. The van der Waals surface area contributed by atoms with Gasteiger partial charge in [-0.3, -0.25) is 9.10 Å². The molecule has 0 aromatic heterocycles. The Labute approximate surface area is 206 Å². The van der Waals surface area contributed by atoms with Crippen LogP contribution in [0.3, 0.4) is 0 Å². The predicted molar refractivity (Wildman–Crippen MR) is 133 cm³/mol. The van der Waals surface area contributed by atoms with Crippen LogP contribution in [0.2, 0.25) is 10.0 Å². The lowest BCUT2D eigenvalue weighted by Crippen LogP contribution is -2.41. The van der Waals surface area contributed by atoms with E-state index in [9.17, 15) is 17.6 Å². The fraction of sp³-hybridized carbons (Fsp3) is 0.174. The Hall–Kier alpha value is -2.26. The summed E-state index contributed by atoms with van der Waals surface area (Å²) in [6, 6.07) is 18.8. The summed E-state index contributed by atoms with van der Waals surface area (Å²) < 4.78 is 41.3. The molecule has 0 aliphatic heterocycles. The van der Waals surface area contributed by atoms with E-state index in [-0.39, 0.29) is 28.0 Å². The summed E-state index contributed by atoms with van der Waals surface area (Å²) in [4.78, 5) is 12.7. The lowest BCUT2D eigenvalue weighted by molar-refractivity contribution is -0.119. The third kappa shape index (κ3) is 6.63. The van der Waals surface area contributed by atoms with Crippen LogP contribution in [0.25, 0.3) is 0 Å². The maximum Gasteiger partial charge on any atom is 0.264 e. The Morgan fingerprint density at radius 1 is 0.939 bits per heavy atom. The van der Waals surface area contributed by atoms with Crippen LogP contribution in [0, 0.1) is 5.82 Å². The van der Waals surface area contributed by atoms with Gasteiger partial charge in [0.25, 0.3) is 10.0 Å². The average molecular weight is 527 g/mol. The number of thioether (sulfide) groups is 1. The van der Waals surface area contributed by atoms with Gasteiger partial charge >= 0.3 is 0 Å². The molecule has 3 aromatic carbocycles. The van der Waals surface area contributed by atoms with E-state index < -0.39 is 22.5 Å². The third-order valence-corrected chi connectivity index (χ3v) is 8.05. The standard InChI is InChI=1S/C23H21Cl2FN2O3S2/c24-19-10-6-11-21(26)18(19)16-32-14-13-27-23(29)15-28(22-12-5-4-9-20(22)25)33(30,31)17-7-2-1-3-8-17/h1-12H,13-16H2,(H,27,29). The van der Waals surface area contributed by atoms with E-state index in [0.717, 1.165) is 4.31 Å². The molecular formula is C23H21Cl2FN2O3S2. The Balaban J connectivity index is 1.64. The second-order valence-electron chi connectivity index (χ2n) is 6.88. The molecule has 0 bridgehead atoms. The molecule has 0 fully saturated rings. The smallest absolute Gasteiger partial charge is 0.264 e. The molecule has 0 aliphatic rings. The highest BCUT2D eigenvalue weighted by Crippen LogP contribution is 2.30. The molecule has 10 heteroatoms. The Morgan fingerprint density at radius 3 is 2.30 bits per heavy atom. The van der Waals surface area contributed by atoms with Crippen LogP contribution < -0.4 is 9.62 Å². The number of amides is 1. The zero-order chi connectivity index (χ0) is 23.8. The fourth-order valence-electron chi connectivity index (χ4n) is 2.97. The first kappa shape index (κ1) is 25.4. The summed E-state index contributed by atoms with van der Waals surface area (Å²) in [5.41, 5.74) is 0.621. The van der Waals surface area contributed by atoms with E-state index in [2.05, 4.69) is 5.32 Å². The van der Waals surface area contributed by atoms with Gasteiger partial charge in [0.2, 0.25) is 5.91 Å². The number of benzene rings is 3. The normalized spacial score (nSPS) is 11.2. The molecule has 0 atom stereocenters. The van der Waals surface area contributed by atoms with Gasteiger partial charge in [0.15, 0.2) is 0 Å². The SMILES string of the molecule is O=C(CN(c1ccccc1Cl)S(=O)(=O)c1ccccc1)NCCSCc1c(F)cccc1Cl. The van der Waals surface area contributed by atoms with Crippen LogP contribution in [0.5, 0.6) is 0 Å². The summed E-state index contributed by atoms with van der Waals surface area (Å²) in [5, 5.41) is 3.27. The summed E-state index contributed by atoms with van der Waals surface area (Å²) in [6.07, 6.45) is 0. The van der Waals surface area contributed by atoms with Crippen LogP contribution in [0.1, 0.15) is 5.56 Å². The first-order valence-electron chi connectivity index (χ1n) is 9.90. The number of nitrogens with zero attached hydrogens (tertiary/aromatic N) is 1. The molecule has 0 unspecified atom stereocenters. The van der Waals surface area contributed by atoms with Crippen molar-refractivity contribution in [1.82, 2.24) is 5.32 Å². The van der Waals surface area contributed by atoms with Gasteiger partial charge in [0.1, 0.15) is 12.4 Å². The number of sulfonamides is 1. The Morgan fingerprint density at radius 2 is 1.61 bits per heavy atom. The number of carbonyl (C=O) groups is 1. The third-order valence-electron chi connectivity index (χ3n) is 4.62. The minimum atomic E-state index is -4.03. The van der Waals surface area contributed by atoms with Gasteiger partial charge in [-0.2, -0.15) is 11.8 Å². The van der Waals surface area contributed by atoms with Crippen molar-refractivity contribution >= 4 is 56.6 Å². The molecule has 5 nitrogen and oxygen atoms in total. The van der Waals surface area contributed by atoms with E-state index in [1.54, 1.807) is 54.6 Å². The number of anilines is 1. The van der Waals surface area contributed by atoms with Crippen molar-refractivity contribution in [1.29, 1.82) is 0 Å². The number of nitrogens with one attached hydrogen (secondary N) is 1. The predicted octanol–water partition coefficient (Wildman–Crippen LogP) is 5.38. The fourth-order valence-corrected chi connectivity index (χ4v) is 5.91. The molecule has 3 rings (SSSR count). The molecule has 0 saturated heterocycles. The van der Waals surface area contributed by atoms with Crippen LogP contribution in [0.4, 0.5) is 10.1 Å². The summed E-state index contributed by atoms with van der Waals surface area (Å²) in [6.45, 7) is -0.165. The van der Waals surface area contributed by atoms with Gasteiger partial charge in [-0.15, -0.1) is 0 Å². The molecule has 174 valence electrons. The summed E-state index contributed by atoms with van der Waals surface area (Å²) in [5.74, 6) is -0.0109. The van der Waals surface area contributed by atoms with Crippen LogP contribution in [0.15, 0.2) is 77.7 Å². The van der Waals surface area contributed by atoms with Gasteiger partial charge in [0, 0.05) is 28.6 Å². The van der Waals surface area contributed by atoms with E-state index in [0.29, 0.717) is 22.1 Å². The van der Waals surface area contributed by atoms with E-state index in [1.165, 1.54) is 30.0 Å². The maximum absolute atomic E-state index is 13.8. The molecule has 0 heterocycles. The molecule has 0 aliphatic carbocycles. The van der Waals surface area contributed by atoms with E-state index >= 15 is 0 Å². The van der Waals surface area contributed by atoms with Crippen molar-refractivity contribution < 1.29 is 17.6 Å². The summed E-state index contributed by atoms with van der Waals surface area (Å²) in [7, 11) is -4.03. The van der Waals surface area contributed by atoms with Crippen molar-refractivity contribution in [2.45, 2.75) is 10.6 Å². The highest BCUT2D eigenvalue weighted by molar-refractivity contribution is 7.98. The van der Waals surface area contributed by atoms with Crippen molar-refractivity contribution in [3.05, 3.63) is 94.2 Å². The van der Waals surface area contributed by atoms with Crippen LogP contribution in [-0.4, -0.2) is 33.2 Å². The van der Waals surface area contributed by atoms with Gasteiger partial charge in [-0.05, 0) is 36.4 Å². The van der Waals surface area contributed by atoms with Crippen molar-refractivity contribution in [3.63, 3.8) is 0 Å². The Bertz CT molecular complexity index is 1190. The summed E-state index contributed by atoms with van der Waals surface area (Å²) >= 11 is 13.7. The van der Waals surface area contributed by atoms with Crippen molar-refractivity contribution in [2.24, 2.45) is 0 Å². The second kappa shape index (κ2) is 11.7. The highest BCUT2D eigenvalue weighted by Gasteiger charge is 2.28. The van der Waals surface area contributed by atoms with Gasteiger partial charge in [-0.1, -0.05) is 59.6 Å². The van der Waals surface area contributed by atoms with Gasteiger partial charge < -0.3 is 5.32 Å². The van der Waals surface area contributed by atoms with Crippen molar-refractivity contribution in [3.8, 4) is 0 Å². The number of carbonyl (C=O) groups excluding carboxylic acids is 1. The minimum Gasteiger partial charge on any atom is -0.354 e. The zero-order valence-electron chi connectivity index (χ0n) is 17.4. The highest BCUT2D eigenvalue weighted by atomic mass is 35.5. The van der Waals surface area contributed by atoms with Crippen LogP contribution >= 0.6 is 35.0 Å². The topological polar surface area (TPSA) is 66.5 Å². The van der Waals surface area contributed by atoms with E-state index in [4.69, 9.17) is 23.2 Å². The monoisotopic (exact) mass is 526 g/mol. The molecular weight excluding hydrogens is 506 g/mol. The maximum atomic E-state index is 13.8. The minimum absolute atomic E-state index is 0.0510. The quantitative estimate of drug-likeness (QED) is 0.360. The first-order valence-corrected chi connectivity index (χ1v) is 13.3.